The number of aromatic nitrogens is 2. The molecule has 1 saturated heterocycles. The van der Waals surface area contributed by atoms with Crippen LogP contribution in [0, 0.1) is 0 Å². The average molecular weight is 386 g/mol. The van der Waals surface area contributed by atoms with Gasteiger partial charge in [0, 0.05) is 12.6 Å². The fraction of sp³-hybridized carbons (Fsp3) is 0.556. The van der Waals surface area contributed by atoms with Crippen molar-refractivity contribution in [2.75, 3.05) is 12.3 Å². The number of aliphatic hydroxyl groups excluding tert-OH is 1. The molecule has 1 aliphatic rings. The Hall–Kier alpha value is -1.14. The number of rotatable bonds is 6. The van der Waals surface area contributed by atoms with Crippen molar-refractivity contribution >= 4 is 21.4 Å². The molecule has 1 aromatic heterocycles. The van der Waals surface area contributed by atoms with Gasteiger partial charge in [-0.25, -0.2) is 19.4 Å². The third kappa shape index (κ3) is 5.18. The second kappa shape index (κ2) is 7.00. The number of hydrogen-bond acceptors (Lipinski definition) is 9. The molecule has 0 aromatic carbocycles. The van der Waals surface area contributed by atoms with Crippen LogP contribution in [0.1, 0.15) is 12.6 Å². The number of phosphoric ester groups is 1. The lowest BCUT2D eigenvalue weighted by atomic mass is 10.2. The molecule has 15 heteroatoms. The SMILES string of the molecule is Nc1ccn([C@H]2C[C@H](O)[C@@H](COP(=O)(O)OP(N)(=O)O)O2)c(=O)n1. The van der Waals surface area contributed by atoms with E-state index in [4.69, 9.17) is 15.4 Å². The third-order valence-corrected chi connectivity index (χ3v) is 5.22. The number of nitrogen functional groups attached to an aromatic ring is 1. The van der Waals surface area contributed by atoms with Crippen molar-refractivity contribution in [3.05, 3.63) is 22.7 Å². The van der Waals surface area contributed by atoms with E-state index in [-0.39, 0.29) is 12.2 Å². The van der Waals surface area contributed by atoms with Gasteiger partial charge >= 0.3 is 21.3 Å². The molecule has 1 aliphatic heterocycles. The standard InChI is InChI=1S/C9H16N4O9P2/c10-7-1-2-13(9(15)12-7)8-3-5(14)6(21-8)4-20-24(18,19)22-23(11,16)17/h1-2,5-6,8,14H,3-4H2,(H,18,19)(H2,10,12,15)(H3,11,16,17)/t5-,6+,8+/m0/s1. The molecule has 0 spiro atoms. The highest BCUT2D eigenvalue weighted by molar-refractivity contribution is 7.62. The van der Waals surface area contributed by atoms with Gasteiger partial charge in [0.25, 0.3) is 0 Å². The van der Waals surface area contributed by atoms with Crippen LogP contribution in [0.2, 0.25) is 0 Å². The van der Waals surface area contributed by atoms with Gasteiger partial charge in [-0.3, -0.25) is 9.09 Å². The van der Waals surface area contributed by atoms with Crippen molar-refractivity contribution in [1.29, 1.82) is 0 Å². The monoisotopic (exact) mass is 386 g/mol. The van der Waals surface area contributed by atoms with Crippen LogP contribution < -0.4 is 16.9 Å². The molecule has 0 bridgehead atoms. The predicted molar refractivity (Wildman–Crippen MR) is 78.3 cm³/mol. The smallest absolute Gasteiger partial charge is 0.390 e. The van der Waals surface area contributed by atoms with Gasteiger partial charge in [-0.2, -0.15) is 9.29 Å². The molecule has 0 radical (unpaired) electrons. The maximum Gasteiger partial charge on any atom is 0.480 e. The van der Waals surface area contributed by atoms with Crippen LogP contribution in [-0.2, 0) is 22.7 Å². The normalized spacial score (nSPS) is 29.1. The van der Waals surface area contributed by atoms with Crippen LogP contribution in [0.5, 0.6) is 0 Å². The van der Waals surface area contributed by atoms with Gasteiger partial charge in [0.2, 0.25) is 0 Å². The maximum atomic E-state index is 11.7. The van der Waals surface area contributed by atoms with E-state index in [1.54, 1.807) is 0 Å². The van der Waals surface area contributed by atoms with Crippen molar-refractivity contribution in [2.24, 2.45) is 5.50 Å². The van der Waals surface area contributed by atoms with Crippen LogP contribution in [0.4, 0.5) is 5.82 Å². The highest BCUT2D eigenvalue weighted by Gasteiger charge is 2.39. The van der Waals surface area contributed by atoms with Crippen molar-refractivity contribution in [3.8, 4) is 0 Å². The summed E-state index contributed by atoms with van der Waals surface area (Å²) < 4.78 is 36.9. The van der Waals surface area contributed by atoms with Crippen LogP contribution in [0.15, 0.2) is 17.1 Å². The third-order valence-electron chi connectivity index (χ3n) is 2.99. The van der Waals surface area contributed by atoms with Gasteiger partial charge in [-0.05, 0) is 6.07 Å². The number of anilines is 1. The zero-order chi connectivity index (χ0) is 18.1. The van der Waals surface area contributed by atoms with Gasteiger partial charge in [-0.15, -0.1) is 0 Å². The highest BCUT2D eigenvalue weighted by atomic mass is 31.3. The van der Waals surface area contributed by atoms with Crippen molar-refractivity contribution in [1.82, 2.24) is 9.55 Å². The van der Waals surface area contributed by atoms with E-state index in [1.165, 1.54) is 12.3 Å². The van der Waals surface area contributed by atoms with E-state index in [9.17, 15) is 23.9 Å². The molecule has 136 valence electrons. The lowest BCUT2D eigenvalue weighted by Gasteiger charge is -2.18. The minimum Gasteiger partial charge on any atom is -0.390 e. The summed E-state index contributed by atoms with van der Waals surface area (Å²) >= 11 is 0. The number of phosphoric acid groups is 1. The van der Waals surface area contributed by atoms with E-state index >= 15 is 0 Å². The molecule has 0 amide bonds. The van der Waals surface area contributed by atoms with Crippen LogP contribution in [-0.4, -0.2) is 43.3 Å². The summed E-state index contributed by atoms with van der Waals surface area (Å²) in [6, 6.07) is 1.36. The lowest BCUT2D eigenvalue weighted by Crippen LogP contribution is -2.28. The summed E-state index contributed by atoms with van der Waals surface area (Å²) in [5, 5.41) is 9.89. The first-order valence-corrected chi connectivity index (χ1v) is 9.59. The number of hydrogen-bond donors (Lipinski definition) is 5. The van der Waals surface area contributed by atoms with Gasteiger partial charge < -0.3 is 25.4 Å². The second-order valence-corrected chi connectivity index (χ2v) is 7.86. The van der Waals surface area contributed by atoms with Crippen molar-refractivity contribution < 1.29 is 37.6 Å². The quantitative estimate of drug-likeness (QED) is 0.360. The van der Waals surface area contributed by atoms with E-state index in [0.717, 1.165) is 4.57 Å². The minimum absolute atomic E-state index is 0.0169. The van der Waals surface area contributed by atoms with Crippen molar-refractivity contribution in [3.63, 3.8) is 0 Å². The minimum atomic E-state index is -4.93. The second-order valence-electron chi connectivity index (χ2n) is 4.88. The maximum absolute atomic E-state index is 11.7. The zero-order valence-electron chi connectivity index (χ0n) is 12.0. The number of aliphatic hydroxyl groups is 1. The Morgan fingerprint density at radius 1 is 1.46 bits per heavy atom. The zero-order valence-corrected chi connectivity index (χ0v) is 13.8. The molecule has 0 aliphatic carbocycles. The summed E-state index contributed by atoms with van der Waals surface area (Å²) in [7, 11) is -9.67. The fourth-order valence-electron chi connectivity index (χ4n) is 2.02. The molecule has 1 fully saturated rings. The molecule has 1 aromatic rings. The summed E-state index contributed by atoms with van der Waals surface area (Å²) in [5.74, 6) is 0.0169. The molecular formula is C9H16N4O9P2. The van der Waals surface area contributed by atoms with E-state index in [2.05, 4.69) is 19.3 Å². The number of ether oxygens (including phenoxy) is 1. The lowest BCUT2D eigenvalue weighted by molar-refractivity contribution is -0.0447. The molecule has 24 heavy (non-hydrogen) atoms. The highest BCUT2D eigenvalue weighted by Crippen LogP contribution is 2.56. The van der Waals surface area contributed by atoms with Gasteiger partial charge in [0.1, 0.15) is 18.1 Å². The first-order chi connectivity index (χ1) is 11.0. The molecule has 7 N–H and O–H groups in total. The topological polar surface area (TPSA) is 209 Å². The largest absolute Gasteiger partial charge is 0.480 e. The Bertz CT molecular complexity index is 749. The van der Waals surface area contributed by atoms with Crippen LogP contribution in [0.3, 0.4) is 0 Å². The molecular weight excluding hydrogens is 370 g/mol. The van der Waals surface area contributed by atoms with Crippen LogP contribution >= 0.6 is 15.6 Å². The Balaban J connectivity index is 2.00. The van der Waals surface area contributed by atoms with Gasteiger partial charge in [-0.1, -0.05) is 0 Å². The van der Waals surface area contributed by atoms with E-state index in [1.807, 2.05) is 0 Å². The fourth-order valence-corrected chi connectivity index (χ4v) is 3.73. The summed E-state index contributed by atoms with van der Waals surface area (Å²) in [6.45, 7) is -0.650. The first kappa shape index (κ1) is 19.2. The summed E-state index contributed by atoms with van der Waals surface area (Å²) in [6.07, 6.45) is -1.84. The van der Waals surface area contributed by atoms with Gasteiger partial charge in [0.15, 0.2) is 0 Å². The molecule has 13 nitrogen and oxygen atoms in total. The van der Waals surface area contributed by atoms with Crippen molar-refractivity contribution in [2.45, 2.75) is 24.9 Å². The number of nitrogens with two attached hydrogens (primary N) is 2. The van der Waals surface area contributed by atoms with Gasteiger partial charge in [0.05, 0.1) is 12.7 Å². The first-order valence-electron chi connectivity index (χ1n) is 6.45. The Morgan fingerprint density at radius 3 is 2.71 bits per heavy atom. The average Bonchev–Trinajstić information content (AvgIpc) is 2.75. The van der Waals surface area contributed by atoms with E-state index < -0.39 is 46.3 Å². The molecule has 5 atom stereocenters. The summed E-state index contributed by atoms with van der Waals surface area (Å²) in [5.41, 5.74) is 9.27. The Morgan fingerprint density at radius 2 is 2.12 bits per heavy atom. The molecule has 2 heterocycles. The number of nitrogens with zero attached hydrogens (tertiary/aromatic N) is 2. The molecule has 0 saturated carbocycles. The van der Waals surface area contributed by atoms with E-state index in [0.29, 0.717) is 0 Å². The predicted octanol–water partition coefficient (Wildman–Crippen LogP) is -1.33. The molecule has 2 rings (SSSR count). The Kier molecular flexibility index (Phi) is 5.60. The van der Waals surface area contributed by atoms with Crippen LogP contribution in [0.25, 0.3) is 0 Å². The molecule has 2 unspecified atom stereocenters. The Labute approximate surface area is 135 Å². The summed E-state index contributed by atoms with van der Waals surface area (Å²) in [4.78, 5) is 33.2.